The van der Waals surface area contributed by atoms with Crippen LogP contribution in [-0.2, 0) is 0 Å². The van der Waals surface area contributed by atoms with Gasteiger partial charge in [-0.2, -0.15) is 0 Å². The van der Waals surface area contributed by atoms with Crippen molar-refractivity contribution >= 4 is 17.7 Å². The van der Waals surface area contributed by atoms with Crippen LogP contribution >= 0.6 is 0 Å². The van der Waals surface area contributed by atoms with Gasteiger partial charge in [-0.25, -0.2) is 9.98 Å². The summed E-state index contributed by atoms with van der Waals surface area (Å²) in [4.78, 5) is 28.3. The number of guanidine groups is 1. The largest absolute Gasteiger partial charge is 0.336 e. The first-order valence-electron chi connectivity index (χ1n) is 6.38. The molecule has 18 heavy (non-hydrogen) atoms. The zero-order chi connectivity index (χ0) is 12.4. The lowest BCUT2D eigenvalue weighted by Gasteiger charge is -2.33. The highest BCUT2D eigenvalue weighted by Crippen LogP contribution is 2.39. The van der Waals surface area contributed by atoms with E-state index in [4.69, 9.17) is 4.99 Å². The van der Waals surface area contributed by atoms with Gasteiger partial charge in [0.05, 0.1) is 12.1 Å². The number of H-pyrrole nitrogens is 1. The molecule has 2 aliphatic heterocycles. The molecule has 0 spiro atoms. The smallest absolute Gasteiger partial charge is 0.280 e. The molecule has 0 aromatic carbocycles. The summed E-state index contributed by atoms with van der Waals surface area (Å²) in [5.41, 5.74) is 0.599. The Morgan fingerprint density at radius 2 is 2.22 bits per heavy atom. The Kier molecular flexibility index (Phi) is 1.76. The molecule has 1 aromatic heterocycles. The van der Waals surface area contributed by atoms with Crippen molar-refractivity contribution in [2.45, 2.75) is 38.3 Å². The van der Waals surface area contributed by atoms with Crippen molar-refractivity contribution in [2.75, 3.05) is 11.9 Å². The molecule has 1 N–H and O–H groups in total. The van der Waals surface area contributed by atoms with Gasteiger partial charge in [0.1, 0.15) is 11.5 Å². The number of fused-ring (bicyclic) bond motifs is 5. The number of anilines is 1. The summed E-state index contributed by atoms with van der Waals surface area (Å²) in [5, 5.41) is 0. The summed E-state index contributed by atoms with van der Waals surface area (Å²) < 4.78 is 0. The first-order valence-corrected chi connectivity index (χ1v) is 6.38. The number of carbonyl (C=O) groups excluding carboxylic acids is 1. The quantitative estimate of drug-likeness (QED) is 0.738. The van der Waals surface area contributed by atoms with Crippen LogP contribution in [0.5, 0.6) is 0 Å². The second-order valence-electron chi connectivity index (χ2n) is 5.25. The third kappa shape index (κ3) is 1.06. The van der Waals surface area contributed by atoms with E-state index >= 15 is 0 Å². The molecule has 3 heterocycles. The normalized spacial score (nSPS) is 29.2. The van der Waals surface area contributed by atoms with Crippen LogP contribution in [-0.4, -0.2) is 45.9 Å². The number of nitrogens with zero attached hydrogens (tertiary/aromatic N) is 4. The highest BCUT2D eigenvalue weighted by molar-refractivity contribution is 6.18. The van der Waals surface area contributed by atoms with E-state index in [9.17, 15) is 4.79 Å². The van der Waals surface area contributed by atoms with Crippen LogP contribution in [0, 0.1) is 6.92 Å². The number of aliphatic imine (C=N–C) groups is 1. The minimum absolute atomic E-state index is 0.0411. The molecule has 4 rings (SSSR count). The Morgan fingerprint density at radius 1 is 1.39 bits per heavy atom. The molecule has 1 aromatic rings. The van der Waals surface area contributed by atoms with Crippen molar-refractivity contribution in [2.24, 2.45) is 4.99 Å². The van der Waals surface area contributed by atoms with Gasteiger partial charge in [0.15, 0.2) is 5.82 Å². The van der Waals surface area contributed by atoms with Crippen molar-refractivity contribution in [1.82, 2.24) is 14.9 Å². The predicted molar refractivity (Wildman–Crippen MR) is 66.8 cm³/mol. The molecular weight excluding hydrogens is 230 g/mol. The molecule has 0 bridgehead atoms. The van der Waals surface area contributed by atoms with Crippen LogP contribution in [0.2, 0.25) is 0 Å². The number of nitrogens with one attached hydrogen (secondary N) is 1. The summed E-state index contributed by atoms with van der Waals surface area (Å²) >= 11 is 0. The van der Waals surface area contributed by atoms with Crippen molar-refractivity contribution in [3.8, 4) is 0 Å². The van der Waals surface area contributed by atoms with Crippen molar-refractivity contribution in [3.63, 3.8) is 0 Å². The third-order valence-electron chi connectivity index (χ3n) is 4.12. The lowest BCUT2D eigenvalue weighted by Crippen LogP contribution is -2.51. The van der Waals surface area contributed by atoms with E-state index in [-0.39, 0.29) is 5.91 Å². The lowest BCUT2D eigenvalue weighted by atomic mass is 10.1. The summed E-state index contributed by atoms with van der Waals surface area (Å²) in [6.07, 6.45) is 3.45. The Balaban J connectivity index is 1.92. The molecular formula is C12H15N5O. The summed E-state index contributed by atoms with van der Waals surface area (Å²) in [6.45, 7) is 1.88. The molecule has 6 heteroatoms. The maximum atomic E-state index is 12.2. The van der Waals surface area contributed by atoms with Crippen molar-refractivity contribution < 1.29 is 4.79 Å². The van der Waals surface area contributed by atoms with Gasteiger partial charge in [-0.3, -0.25) is 14.6 Å². The van der Waals surface area contributed by atoms with E-state index in [1.165, 1.54) is 6.42 Å². The maximum absolute atomic E-state index is 12.2. The van der Waals surface area contributed by atoms with E-state index in [1.54, 1.807) is 11.9 Å². The molecule has 1 saturated carbocycles. The molecule has 1 fully saturated rings. The molecule has 0 saturated heterocycles. The topological polar surface area (TPSA) is 64.6 Å². The highest BCUT2D eigenvalue weighted by Gasteiger charge is 2.47. The van der Waals surface area contributed by atoms with E-state index in [2.05, 4.69) is 14.9 Å². The van der Waals surface area contributed by atoms with Gasteiger partial charge in [0.2, 0.25) is 5.96 Å². The number of carbonyl (C=O) groups is 1. The van der Waals surface area contributed by atoms with Crippen LogP contribution in [0.4, 0.5) is 5.82 Å². The fourth-order valence-corrected chi connectivity index (χ4v) is 3.29. The number of imidazole rings is 1. The minimum atomic E-state index is -0.0411. The number of amides is 1. The van der Waals surface area contributed by atoms with Gasteiger partial charge in [0, 0.05) is 7.05 Å². The van der Waals surface area contributed by atoms with Gasteiger partial charge in [0.25, 0.3) is 5.91 Å². The Labute approximate surface area is 105 Å². The number of aromatic nitrogens is 2. The van der Waals surface area contributed by atoms with Gasteiger partial charge in [-0.1, -0.05) is 0 Å². The monoisotopic (exact) mass is 245 g/mol. The second kappa shape index (κ2) is 3.13. The second-order valence-corrected chi connectivity index (χ2v) is 5.25. The SMILES string of the molecule is Cc1nc2c([nH]1)C(=O)N(C)C1=NC3CCCC3N12. The van der Waals surface area contributed by atoms with Gasteiger partial charge < -0.3 is 4.98 Å². The lowest BCUT2D eigenvalue weighted by molar-refractivity contribution is 0.0860. The molecule has 94 valence electrons. The summed E-state index contributed by atoms with van der Waals surface area (Å²) in [7, 11) is 1.79. The van der Waals surface area contributed by atoms with Crippen LogP contribution in [0.25, 0.3) is 0 Å². The van der Waals surface area contributed by atoms with Crippen LogP contribution in [0.1, 0.15) is 35.6 Å². The molecule has 2 unspecified atom stereocenters. The Morgan fingerprint density at radius 3 is 3.06 bits per heavy atom. The van der Waals surface area contributed by atoms with E-state index in [0.717, 1.165) is 30.4 Å². The Hall–Kier alpha value is -1.85. The molecule has 1 amide bonds. The van der Waals surface area contributed by atoms with Crippen LogP contribution < -0.4 is 4.90 Å². The zero-order valence-corrected chi connectivity index (χ0v) is 10.5. The molecule has 2 atom stereocenters. The fraction of sp³-hybridized carbons (Fsp3) is 0.583. The first kappa shape index (κ1) is 10.1. The molecule has 1 aliphatic carbocycles. The van der Waals surface area contributed by atoms with Crippen molar-refractivity contribution in [3.05, 3.63) is 11.5 Å². The van der Waals surface area contributed by atoms with Gasteiger partial charge in [-0.15, -0.1) is 0 Å². The average molecular weight is 245 g/mol. The van der Waals surface area contributed by atoms with E-state index < -0.39 is 0 Å². The van der Waals surface area contributed by atoms with Gasteiger partial charge >= 0.3 is 0 Å². The van der Waals surface area contributed by atoms with E-state index in [1.807, 2.05) is 6.92 Å². The van der Waals surface area contributed by atoms with Crippen LogP contribution in [0.15, 0.2) is 4.99 Å². The third-order valence-corrected chi connectivity index (χ3v) is 4.12. The van der Waals surface area contributed by atoms with Gasteiger partial charge in [-0.05, 0) is 26.2 Å². The standard InChI is InChI=1S/C12H15N5O/c1-6-13-9-10(14-6)17-8-5-3-4-7(8)15-12(17)16(2)11(9)18/h7-8H,3-5H2,1-2H3,(H,13,14). The highest BCUT2D eigenvalue weighted by atomic mass is 16.2. The molecule has 6 nitrogen and oxygen atoms in total. The number of rotatable bonds is 0. The zero-order valence-electron chi connectivity index (χ0n) is 10.5. The Bertz CT molecular complexity index is 575. The van der Waals surface area contributed by atoms with Crippen LogP contribution in [0.3, 0.4) is 0 Å². The summed E-state index contributed by atoms with van der Waals surface area (Å²) in [6, 6.07) is 0.718. The first-order chi connectivity index (χ1) is 8.66. The molecule has 0 radical (unpaired) electrons. The number of hydrogen-bond donors (Lipinski definition) is 1. The minimum Gasteiger partial charge on any atom is -0.336 e. The fourth-order valence-electron chi connectivity index (χ4n) is 3.29. The molecule has 3 aliphatic rings. The van der Waals surface area contributed by atoms with Crippen molar-refractivity contribution in [1.29, 1.82) is 0 Å². The number of aromatic amines is 1. The average Bonchev–Trinajstić information content (AvgIpc) is 2.98. The van der Waals surface area contributed by atoms with E-state index in [0.29, 0.717) is 17.8 Å². The summed E-state index contributed by atoms with van der Waals surface area (Å²) in [5.74, 6) is 2.28. The number of hydrogen-bond acceptors (Lipinski definition) is 4. The number of aryl methyl sites for hydroxylation is 1. The maximum Gasteiger partial charge on any atom is 0.280 e. The predicted octanol–water partition coefficient (Wildman–Crippen LogP) is 0.901.